The van der Waals surface area contributed by atoms with Gasteiger partial charge in [0.1, 0.15) is 0 Å². The molecule has 1 fully saturated rings. The van der Waals surface area contributed by atoms with E-state index < -0.39 is 5.97 Å². The van der Waals surface area contributed by atoms with E-state index in [1.165, 1.54) is 6.92 Å². The van der Waals surface area contributed by atoms with Crippen LogP contribution in [0.2, 0.25) is 0 Å². The zero-order valence-corrected chi connectivity index (χ0v) is 20.5. The average molecular weight is 496 g/mol. The van der Waals surface area contributed by atoms with Gasteiger partial charge >= 0.3 is 5.97 Å². The van der Waals surface area contributed by atoms with Crippen molar-refractivity contribution in [3.05, 3.63) is 83.6 Å². The Kier molecular flexibility index (Phi) is 5.64. The Morgan fingerprint density at radius 3 is 2.51 bits per heavy atom. The van der Waals surface area contributed by atoms with Crippen molar-refractivity contribution in [1.29, 1.82) is 0 Å². The molecule has 8 heteroatoms. The molecular weight excluding hydrogens is 470 g/mol. The number of aromatic nitrogens is 2. The smallest absolute Gasteiger partial charge is 0.309 e. The van der Waals surface area contributed by atoms with Crippen LogP contribution in [0.4, 0.5) is 5.69 Å². The van der Waals surface area contributed by atoms with Crippen LogP contribution >= 0.6 is 0 Å². The zero-order valence-electron chi connectivity index (χ0n) is 20.5. The fourth-order valence-corrected chi connectivity index (χ4v) is 4.46. The van der Waals surface area contributed by atoms with Gasteiger partial charge in [-0.2, -0.15) is 9.78 Å². The molecule has 3 aromatic carbocycles. The number of esters is 1. The van der Waals surface area contributed by atoms with Crippen molar-refractivity contribution in [3.8, 4) is 34.2 Å². The maximum atomic E-state index is 12.8. The molecule has 1 saturated carbocycles. The van der Waals surface area contributed by atoms with E-state index in [-0.39, 0.29) is 12.7 Å². The van der Waals surface area contributed by atoms with Gasteiger partial charge in [-0.05, 0) is 73.4 Å². The summed E-state index contributed by atoms with van der Waals surface area (Å²) in [5.41, 5.74) is 5.59. The van der Waals surface area contributed by atoms with E-state index in [1.807, 2.05) is 55.5 Å². The summed E-state index contributed by atoms with van der Waals surface area (Å²) in [5.74, 6) is 1.24. The van der Waals surface area contributed by atoms with Crippen LogP contribution in [-0.2, 0) is 4.79 Å². The lowest BCUT2D eigenvalue weighted by atomic mass is 10.0. The van der Waals surface area contributed by atoms with E-state index in [9.17, 15) is 9.59 Å². The molecule has 186 valence electrons. The predicted octanol–water partition coefficient (Wildman–Crippen LogP) is 5.63. The number of nitrogens with zero attached hydrogens (tertiary/aromatic N) is 2. The number of nitrogens with one attached hydrogen (secondary N) is 1. The minimum atomic E-state index is -0.412. The maximum Gasteiger partial charge on any atom is 0.309 e. The van der Waals surface area contributed by atoms with Gasteiger partial charge in [0.25, 0.3) is 5.91 Å². The summed E-state index contributed by atoms with van der Waals surface area (Å²) in [6.45, 7) is 3.56. The third kappa shape index (κ3) is 4.53. The molecule has 2 heterocycles. The first-order chi connectivity index (χ1) is 18.0. The first-order valence-electron chi connectivity index (χ1n) is 12.2. The van der Waals surface area contributed by atoms with E-state index in [4.69, 9.17) is 19.3 Å². The molecule has 0 saturated heterocycles. The number of hydrogen-bond acceptors (Lipinski definition) is 6. The molecular formula is C29H25N3O5. The number of benzene rings is 3. The SMILES string of the molecule is CC(=O)Oc1c(-c2ccc(NC(=O)c3ccc4c(c3)OCO4)cc2)c(C2CC2)nn1-c1cccc(C)c1. The van der Waals surface area contributed by atoms with E-state index in [0.29, 0.717) is 34.5 Å². The number of rotatable bonds is 6. The third-order valence-corrected chi connectivity index (χ3v) is 6.39. The standard InChI is InChI=1S/C29H25N3O5/c1-17-4-3-5-23(14-17)32-29(37-18(2)33)26(27(31-32)20-6-7-20)19-8-11-22(12-9-19)30-28(34)21-10-13-24-25(15-21)36-16-35-24/h3-5,8-15,20H,6-7,16H2,1-2H3,(H,30,34). The average Bonchev–Trinajstić information content (AvgIpc) is 3.50. The lowest BCUT2D eigenvalue weighted by Crippen LogP contribution is -2.11. The van der Waals surface area contributed by atoms with Crippen LogP contribution in [0.5, 0.6) is 17.4 Å². The molecule has 0 unspecified atom stereocenters. The molecule has 1 amide bonds. The Morgan fingerprint density at radius 1 is 1.00 bits per heavy atom. The predicted molar refractivity (Wildman–Crippen MR) is 138 cm³/mol. The first-order valence-corrected chi connectivity index (χ1v) is 12.2. The monoisotopic (exact) mass is 495 g/mol. The molecule has 8 nitrogen and oxygen atoms in total. The van der Waals surface area contributed by atoms with Crippen molar-refractivity contribution in [2.75, 3.05) is 12.1 Å². The molecule has 0 radical (unpaired) electrons. The number of amides is 1. The minimum absolute atomic E-state index is 0.153. The normalized spacial score (nSPS) is 13.9. The highest BCUT2D eigenvalue weighted by molar-refractivity contribution is 6.04. The van der Waals surface area contributed by atoms with Gasteiger partial charge in [0, 0.05) is 24.1 Å². The summed E-state index contributed by atoms with van der Waals surface area (Å²) < 4.78 is 18.1. The van der Waals surface area contributed by atoms with Crippen molar-refractivity contribution in [2.45, 2.75) is 32.6 Å². The van der Waals surface area contributed by atoms with Crippen LogP contribution < -0.4 is 19.5 Å². The summed E-state index contributed by atoms with van der Waals surface area (Å²) in [5, 5.41) is 7.82. The van der Waals surface area contributed by atoms with Crippen molar-refractivity contribution >= 4 is 17.6 Å². The minimum Gasteiger partial charge on any atom is -0.454 e. The van der Waals surface area contributed by atoms with Crippen molar-refractivity contribution < 1.29 is 23.8 Å². The Hall–Kier alpha value is -4.59. The Morgan fingerprint density at radius 2 is 1.78 bits per heavy atom. The van der Waals surface area contributed by atoms with E-state index in [2.05, 4.69) is 5.32 Å². The number of aryl methyl sites for hydroxylation is 1. The second-order valence-corrected chi connectivity index (χ2v) is 9.28. The number of hydrogen-bond donors (Lipinski definition) is 1. The number of fused-ring (bicyclic) bond motifs is 1. The fourth-order valence-electron chi connectivity index (χ4n) is 4.46. The summed E-state index contributed by atoms with van der Waals surface area (Å²) in [7, 11) is 0. The second-order valence-electron chi connectivity index (χ2n) is 9.28. The van der Waals surface area contributed by atoms with Gasteiger partial charge in [0.05, 0.1) is 16.9 Å². The molecule has 0 spiro atoms. The summed E-state index contributed by atoms with van der Waals surface area (Å²) in [4.78, 5) is 24.9. The first kappa shape index (κ1) is 22.8. The van der Waals surface area contributed by atoms with Gasteiger partial charge in [0.2, 0.25) is 12.7 Å². The van der Waals surface area contributed by atoms with E-state index in [1.54, 1.807) is 22.9 Å². The lowest BCUT2D eigenvalue weighted by Gasteiger charge is -2.11. The second kappa shape index (κ2) is 9.13. The van der Waals surface area contributed by atoms with Gasteiger partial charge in [0.15, 0.2) is 11.5 Å². The maximum absolute atomic E-state index is 12.8. The van der Waals surface area contributed by atoms with Crippen molar-refractivity contribution in [2.24, 2.45) is 0 Å². The quantitative estimate of drug-likeness (QED) is 0.349. The number of ether oxygens (including phenoxy) is 3. The number of carbonyl (C=O) groups excluding carboxylic acids is 2. The highest BCUT2D eigenvalue weighted by Crippen LogP contribution is 2.48. The fraction of sp³-hybridized carbons (Fsp3) is 0.207. The molecule has 1 aliphatic carbocycles. The highest BCUT2D eigenvalue weighted by Gasteiger charge is 2.34. The van der Waals surface area contributed by atoms with E-state index >= 15 is 0 Å². The van der Waals surface area contributed by atoms with Crippen molar-refractivity contribution in [1.82, 2.24) is 9.78 Å². The summed E-state index contributed by atoms with van der Waals surface area (Å²) in [6, 6.07) is 20.5. The molecule has 1 aliphatic heterocycles. The summed E-state index contributed by atoms with van der Waals surface area (Å²) in [6.07, 6.45) is 2.09. The van der Waals surface area contributed by atoms with Gasteiger partial charge < -0.3 is 19.5 Å². The molecule has 1 aromatic heterocycles. The molecule has 37 heavy (non-hydrogen) atoms. The number of anilines is 1. The zero-order chi connectivity index (χ0) is 25.5. The van der Waals surface area contributed by atoms with Crippen LogP contribution in [0, 0.1) is 6.92 Å². The van der Waals surface area contributed by atoms with Gasteiger partial charge in [-0.15, -0.1) is 0 Å². The van der Waals surface area contributed by atoms with Crippen LogP contribution in [-0.4, -0.2) is 28.4 Å². The van der Waals surface area contributed by atoms with Gasteiger partial charge in [-0.25, -0.2) is 0 Å². The topological polar surface area (TPSA) is 91.7 Å². The Balaban J connectivity index is 1.33. The Labute approximate surface area is 213 Å². The molecule has 6 rings (SSSR count). The molecule has 0 bridgehead atoms. The molecule has 1 N–H and O–H groups in total. The third-order valence-electron chi connectivity index (χ3n) is 6.39. The van der Waals surface area contributed by atoms with Gasteiger partial charge in [-0.1, -0.05) is 24.3 Å². The lowest BCUT2D eigenvalue weighted by molar-refractivity contribution is -0.132. The van der Waals surface area contributed by atoms with Crippen LogP contribution in [0.25, 0.3) is 16.8 Å². The van der Waals surface area contributed by atoms with Crippen molar-refractivity contribution in [3.63, 3.8) is 0 Å². The Bertz CT molecular complexity index is 1520. The van der Waals surface area contributed by atoms with E-state index in [0.717, 1.165) is 40.9 Å². The van der Waals surface area contributed by atoms with Crippen LogP contribution in [0.15, 0.2) is 66.7 Å². The van der Waals surface area contributed by atoms with Crippen LogP contribution in [0.3, 0.4) is 0 Å². The summed E-state index contributed by atoms with van der Waals surface area (Å²) >= 11 is 0. The van der Waals surface area contributed by atoms with Crippen LogP contribution in [0.1, 0.15) is 47.3 Å². The number of carbonyl (C=O) groups is 2. The molecule has 0 atom stereocenters. The largest absolute Gasteiger partial charge is 0.454 e. The highest BCUT2D eigenvalue weighted by atomic mass is 16.7. The van der Waals surface area contributed by atoms with Gasteiger partial charge in [-0.3, -0.25) is 9.59 Å². The molecule has 2 aliphatic rings. The molecule has 4 aromatic rings.